The van der Waals surface area contributed by atoms with Crippen LogP contribution < -0.4 is 31.2 Å². The van der Waals surface area contributed by atoms with E-state index < -0.39 is 36.3 Å². The lowest BCUT2D eigenvalue weighted by molar-refractivity contribution is -0.135. The lowest BCUT2D eigenvalue weighted by Gasteiger charge is -2.20. The number of carboxylic acid groups (broad SMARTS) is 1. The molecule has 6 N–H and O–H groups in total. The highest BCUT2D eigenvalue weighted by Crippen LogP contribution is 2.26. The van der Waals surface area contributed by atoms with E-state index in [2.05, 4.69) is 16.0 Å². The highest BCUT2D eigenvalue weighted by atomic mass is 16.5. The van der Waals surface area contributed by atoms with Gasteiger partial charge < -0.3 is 36.3 Å². The zero-order chi connectivity index (χ0) is 33.1. The first-order chi connectivity index (χ1) is 22.1. The van der Waals surface area contributed by atoms with Gasteiger partial charge in [0.1, 0.15) is 30.7 Å². The number of carbonyl (C=O) groups is 4. The molecule has 4 aromatic carbocycles. The number of hydrogen-bond acceptors (Lipinski definition) is 7. The zero-order valence-electron chi connectivity index (χ0n) is 25.5. The third kappa shape index (κ3) is 9.58. The molecule has 4 rings (SSSR count). The number of aliphatic carboxylic acids is 1. The van der Waals surface area contributed by atoms with Gasteiger partial charge in [-0.1, -0.05) is 60.7 Å². The van der Waals surface area contributed by atoms with Crippen molar-refractivity contribution in [3.05, 3.63) is 119 Å². The van der Waals surface area contributed by atoms with Gasteiger partial charge in [0.05, 0.1) is 17.4 Å². The fraction of sp³-hybridized carbons (Fsp3) is 0.200. The van der Waals surface area contributed by atoms with Gasteiger partial charge in [-0.25, -0.2) is 0 Å². The molecule has 11 heteroatoms. The Labute approximate surface area is 266 Å². The van der Waals surface area contributed by atoms with Crippen LogP contribution in [0, 0.1) is 0 Å². The summed E-state index contributed by atoms with van der Waals surface area (Å²) in [5, 5.41) is 16.9. The van der Waals surface area contributed by atoms with Crippen molar-refractivity contribution in [1.82, 2.24) is 10.6 Å². The molecule has 0 spiro atoms. The summed E-state index contributed by atoms with van der Waals surface area (Å²) in [5.74, 6) is -2.35. The molecule has 11 nitrogen and oxygen atoms in total. The molecular formula is C35H36N4O7. The Morgan fingerprint density at radius 2 is 1.48 bits per heavy atom. The van der Waals surface area contributed by atoms with Gasteiger partial charge in [-0.2, -0.15) is 0 Å². The van der Waals surface area contributed by atoms with Crippen LogP contribution in [0.4, 0.5) is 11.4 Å². The second kappa shape index (κ2) is 15.8. The van der Waals surface area contributed by atoms with Gasteiger partial charge in [-0.3, -0.25) is 19.2 Å². The van der Waals surface area contributed by atoms with Gasteiger partial charge in [-0.15, -0.1) is 0 Å². The molecule has 0 aliphatic carbocycles. The Balaban J connectivity index is 1.54. The predicted molar refractivity (Wildman–Crippen MR) is 174 cm³/mol. The molecule has 0 fully saturated rings. The van der Waals surface area contributed by atoms with Crippen molar-refractivity contribution >= 4 is 35.1 Å². The minimum absolute atomic E-state index is 0.107. The molecule has 1 atom stereocenters. The van der Waals surface area contributed by atoms with Gasteiger partial charge in [0, 0.05) is 23.7 Å². The molecule has 46 heavy (non-hydrogen) atoms. The molecule has 0 saturated heterocycles. The van der Waals surface area contributed by atoms with Crippen molar-refractivity contribution in [2.75, 3.05) is 17.6 Å². The quantitative estimate of drug-likeness (QED) is 0.128. The molecule has 0 saturated carbocycles. The van der Waals surface area contributed by atoms with Crippen LogP contribution in [0.1, 0.15) is 45.7 Å². The van der Waals surface area contributed by atoms with E-state index >= 15 is 0 Å². The number of rotatable bonds is 14. The molecule has 0 aliphatic rings. The van der Waals surface area contributed by atoms with Crippen molar-refractivity contribution in [2.24, 2.45) is 0 Å². The second-order valence-corrected chi connectivity index (χ2v) is 10.7. The molecular weight excluding hydrogens is 588 g/mol. The summed E-state index contributed by atoms with van der Waals surface area (Å²) in [6.07, 6.45) is -0.126. The first-order valence-electron chi connectivity index (χ1n) is 14.6. The largest absolute Gasteiger partial charge is 0.490 e. The van der Waals surface area contributed by atoms with Crippen LogP contribution in [-0.4, -0.2) is 47.5 Å². The van der Waals surface area contributed by atoms with E-state index in [4.69, 9.17) is 20.3 Å². The first kappa shape index (κ1) is 33.1. The van der Waals surface area contributed by atoms with Crippen LogP contribution in [0.25, 0.3) is 0 Å². The number of benzene rings is 4. The lowest BCUT2D eigenvalue weighted by Crippen LogP contribution is -2.45. The highest BCUT2D eigenvalue weighted by molar-refractivity contribution is 6.03. The van der Waals surface area contributed by atoms with E-state index in [1.807, 2.05) is 60.7 Å². The predicted octanol–water partition coefficient (Wildman–Crippen LogP) is 4.43. The number of nitrogens with two attached hydrogens (primary N) is 1. The third-order valence-corrected chi connectivity index (χ3v) is 6.67. The monoisotopic (exact) mass is 624 g/mol. The number of nitrogen functional groups attached to an aromatic ring is 1. The van der Waals surface area contributed by atoms with Crippen molar-refractivity contribution in [3.8, 4) is 11.5 Å². The van der Waals surface area contributed by atoms with Crippen molar-refractivity contribution < 1.29 is 33.8 Å². The molecule has 0 aliphatic heterocycles. The lowest BCUT2D eigenvalue weighted by atomic mass is 10.0. The van der Waals surface area contributed by atoms with E-state index in [-0.39, 0.29) is 36.0 Å². The summed E-state index contributed by atoms with van der Waals surface area (Å²) < 4.78 is 11.7. The van der Waals surface area contributed by atoms with Gasteiger partial charge in [0.15, 0.2) is 0 Å². The molecule has 4 aromatic rings. The van der Waals surface area contributed by atoms with Crippen molar-refractivity contribution in [2.45, 2.75) is 39.0 Å². The van der Waals surface area contributed by atoms with Crippen LogP contribution in [0.3, 0.4) is 0 Å². The van der Waals surface area contributed by atoms with Crippen molar-refractivity contribution in [3.63, 3.8) is 0 Å². The highest BCUT2D eigenvalue weighted by Gasteiger charge is 2.24. The maximum atomic E-state index is 13.6. The van der Waals surface area contributed by atoms with Gasteiger partial charge in [0.25, 0.3) is 11.8 Å². The SMILES string of the molecule is CC(C)Oc1cc(NC(=O)[C@H](Cc2ccccc2)NC(=O)c2ccc(N)c(OCc3ccccc3)c2)ccc1C(=O)NCC(=O)O. The van der Waals surface area contributed by atoms with E-state index in [1.54, 1.807) is 26.0 Å². The van der Waals surface area contributed by atoms with Crippen LogP contribution >= 0.6 is 0 Å². The van der Waals surface area contributed by atoms with E-state index in [0.717, 1.165) is 11.1 Å². The van der Waals surface area contributed by atoms with Crippen LogP contribution in [0.15, 0.2) is 97.1 Å². The molecule has 0 unspecified atom stereocenters. The van der Waals surface area contributed by atoms with E-state index in [0.29, 0.717) is 17.1 Å². The summed E-state index contributed by atoms with van der Waals surface area (Å²) in [6, 6.07) is 26.9. The smallest absolute Gasteiger partial charge is 0.322 e. The summed E-state index contributed by atoms with van der Waals surface area (Å²) >= 11 is 0. The fourth-order valence-corrected chi connectivity index (χ4v) is 4.46. The summed E-state index contributed by atoms with van der Waals surface area (Å²) in [6.45, 7) is 3.24. The maximum absolute atomic E-state index is 13.6. The molecule has 0 radical (unpaired) electrons. The van der Waals surface area contributed by atoms with Gasteiger partial charge in [0.2, 0.25) is 5.91 Å². The third-order valence-electron chi connectivity index (χ3n) is 6.67. The molecule has 238 valence electrons. The van der Waals surface area contributed by atoms with Crippen molar-refractivity contribution in [1.29, 1.82) is 0 Å². The van der Waals surface area contributed by atoms with Crippen LogP contribution in [-0.2, 0) is 22.6 Å². The minimum Gasteiger partial charge on any atom is -0.490 e. The zero-order valence-corrected chi connectivity index (χ0v) is 25.5. The Morgan fingerprint density at radius 3 is 2.13 bits per heavy atom. The molecule has 3 amide bonds. The Hall–Kier alpha value is -5.84. The number of anilines is 2. The normalized spacial score (nSPS) is 11.3. The standard InChI is InChI=1S/C35H36N4O7/c1-22(2)46-30-19-26(14-15-27(30)34(43)37-20-32(40)41)38-35(44)29(17-23-9-5-3-6-10-23)39-33(42)25-13-16-28(36)31(18-25)45-21-24-11-7-4-8-12-24/h3-16,18-19,22,29H,17,20-21,36H2,1-2H3,(H,37,43)(H,38,44)(H,39,42)(H,40,41)/t29-/m0/s1. The van der Waals surface area contributed by atoms with Gasteiger partial charge >= 0.3 is 5.97 Å². The summed E-state index contributed by atoms with van der Waals surface area (Å²) in [7, 11) is 0. The maximum Gasteiger partial charge on any atom is 0.322 e. The Bertz CT molecular complexity index is 1680. The fourth-order valence-electron chi connectivity index (χ4n) is 4.46. The average molecular weight is 625 g/mol. The second-order valence-electron chi connectivity index (χ2n) is 10.7. The average Bonchev–Trinajstić information content (AvgIpc) is 3.03. The minimum atomic E-state index is -1.19. The first-order valence-corrected chi connectivity index (χ1v) is 14.6. The number of amides is 3. The Kier molecular flexibility index (Phi) is 11.3. The molecule has 0 heterocycles. The van der Waals surface area contributed by atoms with E-state index in [9.17, 15) is 19.2 Å². The Morgan fingerprint density at radius 1 is 0.804 bits per heavy atom. The number of carboxylic acids is 1. The number of carbonyl (C=O) groups excluding carboxylic acids is 3. The van der Waals surface area contributed by atoms with Crippen LogP contribution in [0.5, 0.6) is 11.5 Å². The van der Waals surface area contributed by atoms with Crippen LogP contribution in [0.2, 0.25) is 0 Å². The molecule has 0 bridgehead atoms. The van der Waals surface area contributed by atoms with Gasteiger partial charge in [-0.05, 0) is 55.3 Å². The molecule has 0 aromatic heterocycles. The summed E-state index contributed by atoms with van der Waals surface area (Å²) in [4.78, 5) is 50.6. The number of hydrogen-bond donors (Lipinski definition) is 5. The number of ether oxygens (including phenoxy) is 2. The topological polar surface area (TPSA) is 169 Å². The van der Waals surface area contributed by atoms with E-state index in [1.165, 1.54) is 24.3 Å². The summed E-state index contributed by atoms with van der Waals surface area (Å²) in [5.41, 5.74) is 8.91. The number of nitrogens with one attached hydrogen (secondary N) is 3.